The number of rotatable bonds is 3. The zero-order chi connectivity index (χ0) is 12.4. The van der Waals surface area contributed by atoms with Gasteiger partial charge in [-0.1, -0.05) is 0 Å². The second-order valence-electron chi connectivity index (χ2n) is 3.73. The zero-order valence-electron chi connectivity index (χ0n) is 10.1. The molecule has 0 unspecified atom stereocenters. The van der Waals surface area contributed by atoms with Gasteiger partial charge in [0.25, 0.3) is 0 Å². The van der Waals surface area contributed by atoms with E-state index in [2.05, 4.69) is 5.32 Å². The summed E-state index contributed by atoms with van der Waals surface area (Å²) in [5, 5.41) is 2.81. The van der Waals surface area contributed by atoms with E-state index in [0.717, 1.165) is 5.56 Å². The summed E-state index contributed by atoms with van der Waals surface area (Å²) in [7, 11) is 4.65. The van der Waals surface area contributed by atoms with Crippen LogP contribution in [0.3, 0.4) is 0 Å². The maximum absolute atomic E-state index is 11.4. The molecule has 0 fully saturated rings. The van der Waals surface area contributed by atoms with Crippen LogP contribution in [0, 0.1) is 0 Å². The molecule has 5 nitrogen and oxygen atoms in total. The third-order valence-corrected chi connectivity index (χ3v) is 2.80. The normalized spacial score (nSPS) is 13.7. The van der Waals surface area contributed by atoms with Gasteiger partial charge in [0.05, 0.1) is 27.0 Å². The standard InChI is InChI=1S/C12H15NO4/c1-15-8-6-7-4-5-9(14)13-10(7)12(17-3)11(8)16-2/h6H,4-5H2,1-3H3,(H,13,14). The Morgan fingerprint density at radius 1 is 1.06 bits per heavy atom. The third-order valence-electron chi connectivity index (χ3n) is 2.80. The van der Waals surface area contributed by atoms with Crippen molar-refractivity contribution in [3.8, 4) is 17.2 Å². The molecule has 2 rings (SSSR count). The molecule has 0 atom stereocenters. The summed E-state index contributed by atoms with van der Waals surface area (Å²) in [5.41, 5.74) is 1.68. The Hall–Kier alpha value is -1.91. The zero-order valence-corrected chi connectivity index (χ0v) is 10.1. The van der Waals surface area contributed by atoms with E-state index in [1.54, 1.807) is 14.2 Å². The van der Waals surface area contributed by atoms with Crippen molar-refractivity contribution in [2.45, 2.75) is 12.8 Å². The number of anilines is 1. The van der Waals surface area contributed by atoms with Gasteiger partial charge in [-0.15, -0.1) is 0 Å². The van der Waals surface area contributed by atoms with E-state index in [1.165, 1.54) is 7.11 Å². The van der Waals surface area contributed by atoms with Gasteiger partial charge in [-0.2, -0.15) is 0 Å². The molecule has 92 valence electrons. The van der Waals surface area contributed by atoms with Crippen LogP contribution < -0.4 is 19.5 Å². The molecule has 0 saturated carbocycles. The number of amides is 1. The number of carbonyl (C=O) groups excluding carboxylic acids is 1. The van der Waals surface area contributed by atoms with Crippen LogP contribution in [0.25, 0.3) is 0 Å². The molecule has 1 aromatic carbocycles. The second kappa shape index (κ2) is 4.53. The van der Waals surface area contributed by atoms with Crippen LogP contribution in [-0.2, 0) is 11.2 Å². The van der Waals surface area contributed by atoms with Crippen LogP contribution in [0.2, 0.25) is 0 Å². The molecule has 17 heavy (non-hydrogen) atoms. The highest BCUT2D eigenvalue weighted by Gasteiger charge is 2.25. The van der Waals surface area contributed by atoms with Gasteiger partial charge >= 0.3 is 0 Å². The first-order valence-corrected chi connectivity index (χ1v) is 5.33. The highest BCUT2D eigenvalue weighted by atomic mass is 16.5. The van der Waals surface area contributed by atoms with Crippen molar-refractivity contribution in [1.29, 1.82) is 0 Å². The SMILES string of the molecule is COc1cc2c(c(OC)c1OC)NC(=O)CC2. The van der Waals surface area contributed by atoms with Crippen molar-refractivity contribution in [3.05, 3.63) is 11.6 Å². The van der Waals surface area contributed by atoms with Gasteiger partial charge in [0.1, 0.15) is 0 Å². The fourth-order valence-corrected chi connectivity index (χ4v) is 1.99. The molecule has 5 heteroatoms. The molecular formula is C12H15NO4. The van der Waals surface area contributed by atoms with Gasteiger partial charge in [0, 0.05) is 6.42 Å². The number of nitrogens with one attached hydrogen (secondary N) is 1. The van der Waals surface area contributed by atoms with Crippen molar-refractivity contribution in [2.24, 2.45) is 0 Å². The van der Waals surface area contributed by atoms with E-state index >= 15 is 0 Å². The molecule has 1 aromatic rings. The van der Waals surface area contributed by atoms with Gasteiger partial charge < -0.3 is 19.5 Å². The molecule has 1 heterocycles. The second-order valence-corrected chi connectivity index (χ2v) is 3.73. The smallest absolute Gasteiger partial charge is 0.224 e. The van der Waals surface area contributed by atoms with E-state index in [1.807, 2.05) is 6.07 Å². The molecule has 1 amide bonds. The number of benzene rings is 1. The number of methoxy groups -OCH3 is 3. The van der Waals surface area contributed by atoms with E-state index in [0.29, 0.717) is 35.8 Å². The summed E-state index contributed by atoms with van der Waals surface area (Å²) in [5.74, 6) is 1.60. The summed E-state index contributed by atoms with van der Waals surface area (Å²) in [4.78, 5) is 11.4. The van der Waals surface area contributed by atoms with Gasteiger partial charge in [-0.3, -0.25) is 4.79 Å². The first-order valence-electron chi connectivity index (χ1n) is 5.33. The molecule has 1 N–H and O–H groups in total. The Morgan fingerprint density at radius 3 is 2.35 bits per heavy atom. The van der Waals surface area contributed by atoms with Crippen LogP contribution in [0.5, 0.6) is 17.2 Å². The van der Waals surface area contributed by atoms with Crippen LogP contribution in [0.15, 0.2) is 6.07 Å². The number of ether oxygens (including phenoxy) is 3. The average molecular weight is 237 g/mol. The minimum atomic E-state index is -0.0111. The molecule has 0 aliphatic carbocycles. The van der Waals surface area contributed by atoms with Gasteiger partial charge in [0.2, 0.25) is 11.7 Å². The van der Waals surface area contributed by atoms with Gasteiger partial charge in [-0.25, -0.2) is 0 Å². The van der Waals surface area contributed by atoms with Gasteiger partial charge in [0.15, 0.2) is 11.5 Å². The monoisotopic (exact) mass is 237 g/mol. The van der Waals surface area contributed by atoms with E-state index in [9.17, 15) is 4.79 Å². The molecule has 0 saturated heterocycles. The first kappa shape index (κ1) is 11.6. The summed E-state index contributed by atoms with van der Waals surface area (Å²) < 4.78 is 15.8. The molecule has 0 radical (unpaired) electrons. The Labute approximate surface area is 99.7 Å². The summed E-state index contributed by atoms with van der Waals surface area (Å²) in [6.45, 7) is 0. The van der Waals surface area contributed by atoms with Crippen molar-refractivity contribution in [2.75, 3.05) is 26.6 Å². The summed E-state index contributed by atoms with van der Waals surface area (Å²) in [6.07, 6.45) is 1.16. The van der Waals surface area contributed by atoms with Crippen LogP contribution in [0.1, 0.15) is 12.0 Å². The maximum Gasteiger partial charge on any atom is 0.224 e. The summed E-state index contributed by atoms with van der Waals surface area (Å²) in [6, 6.07) is 1.87. The Kier molecular flexibility index (Phi) is 3.08. The van der Waals surface area contributed by atoms with E-state index in [4.69, 9.17) is 14.2 Å². The lowest BCUT2D eigenvalue weighted by Crippen LogP contribution is -2.20. The average Bonchev–Trinajstić information content (AvgIpc) is 2.36. The predicted octanol–water partition coefficient (Wildman–Crippen LogP) is 1.60. The molecule has 0 bridgehead atoms. The summed E-state index contributed by atoms with van der Waals surface area (Å²) >= 11 is 0. The fourth-order valence-electron chi connectivity index (χ4n) is 1.99. The molecule has 0 aromatic heterocycles. The Bertz CT molecular complexity index is 456. The van der Waals surface area contributed by atoms with E-state index in [-0.39, 0.29) is 5.91 Å². The van der Waals surface area contributed by atoms with Crippen molar-refractivity contribution >= 4 is 11.6 Å². The van der Waals surface area contributed by atoms with E-state index < -0.39 is 0 Å². The highest BCUT2D eigenvalue weighted by molar-refractivity contribution is 5.97. The topological polar surface area (TPSA) is 56.8 Å². The van der Waals surface area contributed by atoms with Crippen molar-refractivity contribution in [3.63, 3.8) is 0 Å². The Balaban J connectivity index is 2.62. The lowest BCUT2D eigenvalue weighted by molar-refractivity contribution is -0.116. The number of hydrogen-bond acceptors (Lipinski definition) is 4. The van der Waals surface area contributed by atoms with Crippen LogP contribution in [0.4, 0.5) is 5.69 Å². The number of hydrogen-bond donors (Lipinski definition) is 1. The van der Waals surface area contributed by atoms with Crippen LogP contribution >= 0.6 is 0 Å². The minimum absolute atomic E-state index is 0.0111. The molecule has 1 aliphatic rings. The van der Waals surface area contributed by atoms with Crippen LogP contribution in [-0.4, -0.2) is 27.2 Å². The predicted molar refractivity (Wildman–Crippen MR) is 63.0 cm³/mol. The number of aryl methyl sites for hydroxylation is 1. The van der Waals surface area contributed by atoms with Crippen molar-refractivity contribution < 1.29 is 19.0 Å². The minimum Gasteiger partial charge on any atom is -0.493 e. The lowest BCUT2D eigenvalue weighted by atomic mass is 10.0. The van der Waals surface area contributed by atoms with Gasteiger partial charge in [-0.05, 0) is 18.1 Å². The van der Waals surface area contributed by atoms with Crippen molar-refractivity contribution in [1.82, 2.24) is 0 Å². The third kappa shape index (κ3) is 1.88. The Morgan fingerprint density at radius 2 is 1.76 bits per heavy atom. The highest BCUT2D eigenvalue weighted by Crippen LogP contribution is 2.46. The first-order chi connectivity index (χ1) is 8.21. The lowest BCUT2D eigenvalue weighted by Gasteiger charge is -2.22. The quantitative estimate of drug-likeness (QED) is 0.867. The molecule has 0 spiro atoms. The molecular weight excluding hydrogens is 222 g/mol. The molecule has 1 aliphatic heterocycles. The maximum atomic E-state index is 11.4. The fraction of sp³-hybridized carbons (Fsp3) is 0.417. The number of carbonyl (C=O) groups is 1. The number of fused-ring (bicyclic) bond motifs is 1. The largest absolute Gasteiger partial charge is 0.493 e.